The molecule has 1 aliphatic heterocycles. The van der Waals surface area contributed by atoms with E-state index in [1.165, 1.54) is 0 Å². The molecule has 0 aromatic rings. The van der Waals surface area contributed by atoms with Crippen LogP contribution in [0.4, 0.5) is 0 Å². The second kappa shape index (κ2) is 4.89. The Kier molecular flexibility index (Phi) is 4.31. The van der Waals surface area contributed by atoms with Gasteiger partial charge in [-0.1, -0.05) is 41.5 Å². The van der Waals surface area contributed by atoms with E-state index in [1.807, 2.05) is 0 Å². The number of hydrogen-bond donors (Lipinski definition) is 0. The summed E-state index contributed by atoms with van der Waals surface area (Å²) in [6, 6.07) is 1.60. The third-order valence-electron chi connectivity index (χ3n) is 3.87. The number of hydrogen-bond acceptors (Lipinski definition) is 2. The quantitative estimate of drug-likeness (QED) is 0.696. The Morgan fingerprint density at radius 1 is 0.882 bits per heavy atom. The largest absolute Gasteiger partial charge is 0.378 e. The summed E-state index contributed by atoms with van der Waals surface area (Å²) in [6.45, 7) is 20.3. The Balaban J connectivity index is 3.01. The molecule has 0 spiro atoms. The molecule has 102 valence electrons. The average molecular weight is 241 g/mol. The van der Waals surface area contributed by atoms with E-state index < -0.39 is 0 Å². The summed E-state index contributed by atoms with van der Waals surface area (Å²) in [6.07, 6.45) is 0. The van der Waals surface area contributed by atoms with Gasteiger partial charge in [-0.2, -0.15) is 0 Å². The lowest BCUT2D eigenvalue weighted by Crippen LogP contribution is -2.62. The van der Waals surface area contributed by atoms with Crippen molar-refractivity contribution >= 4 is 0 Å². The van der Waals surface area contributed by atoms with Crippen LogP contribution in [0.25, 0.3) is 0 Å². The van der Waals surface area contributed by atoms with Crippen LogP contribution >= 0.6 is 0 Å². The van der Waals surface area contributed by atoms with Crippen LogP contribution in [0.15, 0.2) is 0 Å². The van der Waals surface area contributed by atoms with Crippen LogP contribution < -0.4 is 0 Å². The minimum atomic E-state index is 0.272. The topological polar surface area (TPSA) is 12.5 Å². The first-order valence-corrected chi connectivity index (χ1v) is 6.90. The van der Waals surface area contributed by atoms with Crippen molar-refractivity contribution < 1.29 is 4.74 Å². The minimum absolute atomic E-state index is 0.272. The molecule has 0 aliphatic carbocycles. The minimum Gasteiger partial charge on any atom is -0.378 e. The van der Waals surface area contributed by atoms with Gasteiger partial charge in [-0.3, -0.25) is 4.90 Å². The van der Waals surface area contributed by atoms with Crippen LogP contribution in [0.1, 0.15) is 55.4 Å². The third-order valence-corrected chi connectivity index (χ3v) is 3.87. The number of rotatable bonds is 1. The van der Waals surface area contributed by atoms with E-state index in [0.717, 1.165) is 13.2 Å². The standard InChI is InChI=1S/C15H31NO/c1-11(2)16-12(14(3,4)5)9-17-10-13(16)15(6,7)8/h11-13H,9-10H2,1-8H3. The summed E-state index contributed by atoms with van der Waals surface area (Å²) in [5, 5.41) is 0. The van der Waals surface area contributed by atoms with Crippen molar-refractivity contribution in [3.05, 3.63) is 0 Å². The zero-order valence-electron chi connectivity index (χ0n) is 13.0. The van der Waals surface area contributed by atoms with Gasteiger partial charge in [-0.15, -0.1) is 0 Å². The van der Waals surface area contributed by atoms with Crippen molar-refractivity contribution in [1.82, 2.24) is 4.90 Å². The van der Waals surface area contributed by atoms with Crippen molar-refractivity contribution in [2.45, 2.75) is 73.5 Å². The summed E-state index contributed by atoms with van der Waals surface area (Å²) in [4.78, 5) is 2.68. The first-order chi connectivity index (χ1) is 7.55. The van der Waals surface area contributed by atoms with Crippen molar-refractivity contribution in [2.75, 3.05) is 13.2 Å². The first kappa shape index (κ1) is 15.0. The van der Waals surface area contributed by atoms with Gasteiger partial charge in [0, 0.05) is 18.1 Å². The molecule has 17 heavy (non-hydrogen) atoms. The molecule has 1 saturated heterocycles. The molecule has 0 aromatic heterocycles. The highest BCUT2D eigenvalue weighted by Crippen LogP contribution is 2.36. The van der Waals surface area contributed by atoms with Crippen molar-refractivity contribution in [2.24, 2.45) is 10.8 Å². The molecule has 0 saturated carbocycles. The SMILES string of the molecule is CC(C)N1C(C(C)(C)C)COCC1C(C)(C)C. The fourth-order valence-electron chi connectivity index (χ4n) is 2.79. The maximum atomic E-state index is 5.89. The number of nitrogens with zero attached hydrogens (tertiary/aromatic N) is 1. The van der Waals surface area contributed by atoms with E-state index in [0.29, 0.717) is 18.1 Å². The molecule has 1 aliphatic rings. The van der Waals surface area contributed by atoms with Gasteiger partial charge in [0.15, 0.2) is 0 Å². The lowest BCUT2D eigenvalue weighted by Gasteiger charge is -2.53. The normalized spacial score (nSPS) is 28.8. The van der Waals surface area contributed by atoms with E-state index >= 15 is 0 Å². The van der Waals surface area contributed by atoms with E-state index in [-0.39, 0.29) is 10.8 Å². The van der Waals surface area contributed by atoms with Gasteiger partial charge in [0.1, 0.15) is 0 Å². The summed E-state index contributed by atoms with van der Waals surface area (Å²) < 4.78 is 5.89. The first-order valence-electron chi connectivity index (χ1n) is 6.90. The Morgan fingerprint density at radius 3 is 1.47 bits per heavy atom. The average Bonchev–Trinajstić information content (AvgIpc) is 2.13. The van der Waals surface area contributed by atoms with Crippen LogP contribution in [0.3, 0.4) is 0 Å². The van der Waals surface area contributed by atoms with Crippen LogP contribution in [0.5, 0.6) is 0 Å². The van der Waals surface area contributed by atoms with Crippen molar-refractivity contribution in [3.63, 3.8) is 0 Å². The summed E-state index contributed by atoms with van der Waals surface area (Å²) in [5.74, 6) is 0. The molecule has 1 heterocycles. The molecule has 0 radical (unpaired) electrons. The van der Waals surface area contributed by atoms with Gasteiger partial charge in [0.25, 0.3) is 0 Å². The van der Waals surface area contributed by atoms with E-state index in [9.17, 15) is 0 Å². The molecule has 1 rings (SSSR count). The van der Waals surface area contributed by atoms with E-state index in [1.54, 1.807) is 0 Å². The molecule has 0 bridgehead atoms. The number of morpholine rings is 1. The Bertz CT molecular complexity index is 225. The molecule has 2 unspecified atom stereocenters. The van der Waals surface area contributed by atoms with Gasteiger partial charge in [-0.05, 0) is 24.7 Å². The van der Waals surface area contributed by atoms with Gasteiger partial charge < -0.3 is 4.74 Å². The maximum Gasteiger partial charge on any atom is 0.0627 e. The van der Waals surface area contributed by atoms with Crippen LogP contribution in [-0.4, -0.2) is 36.2 Å². The molecule has 2 nitrogen and oxygen atoms in total. The van der Waals surface area contributed by atoms with Gasteiger partial charge >= 0.3 is 0 Å². The molecular weight excluding hydrogens is 210 g/mol. The highest BCUT2D eigenvalue weighted by molar-refractivity contribution is 4.96. The van der Waals surface area contributed by atoms with Crippen molar-refractivity contribution in [1.29, 1.82) is 0 Å². The molecule has 2 heteroatoms. The van der Waals surface area contributed by atoms with Crippen molar-refractivity contribution in [3.8, 4) is 0 Å². The predicted octanol–water partition coefficient (Wildman–Crippen LogP) is 3.56. The number of ether oxygens (including phenoxy) is 1. The fraction of sp³-hybridized carbons (Fsp3) is 1.00. The van der Waals surface area contributed by atoms with E-state index in [4.69, 9.17) is 4.74 Å². The summed E-state index contributed by atoms with van der Waals surface area (Å²) in [5.41, 5.74) is 0.544. The highest BCUT2D eigenvalue weighted by atomic mass is 16.5. The van der Waals surface area contributed by atoms with Crippen LogP contribution in [-0.2, 0) is 4.74 Å². The molecule has 2 atom stereocenters. The van der Waals surface area contributed by atoms with Crippen LogP contribution in [0.2, 0.25) is 0 Å². The molecule has 0 amide bonds. The molecule has 0 aromatic carbocycles. The van der Waals surface area contributed by atoms with E-state index in [2.05, 4.69) is 60.3 Å². The molecular formula is C15H31NO. The summed E-state index contributed by atoms with van der Waals surface area (Å²) >= 11 is 0. The van der Waals surface area contributed by atoms with Gasteiger partial charge in [0.05, 0.1) is 13.2 Å². The zero-order valence-corrected chi connectivity index (χ0v) is 13.0. The monoisotopic (exact) mass is 241 g/mol. The smallest absolute Gasteiger partial charge is 0.0627 e. The van der Waals surface area contributed by atoms with Crippen LogP contribution in [0, 0.1) is 10.8 Å². The molecule has 0 N–H and O–H groups in total. The highest BCUT2D eigenvalue weighted by Gasteiger charge is 2.43. The zero-order chi connectivity index (χ0) is 13.4. The summed E-state index contributed by atoms with van der Waals surface area (Å²) in [7, 11) is 0. The Labute approximate surface area is 108 Å². The second-order valence-corrected chi connectivity index (χ2v) is 7.84. The fourth-order valence-corrected chi connectivity index (χ4v) is 2.79. The maximum absolute atomic E-state index is 5.89. The third kappa shape index (κ3) is 3.45. The molecule has 1 fully saturated rings. The van der Waals surface area contributed by atoms with Gasteiger partial charge in [-0.25, -0.2) is 0 Å². The predicted molar refractivity (Wildman–Crippen MR) is 74.3 cm³/mol. The lowest BCUT2D eigenvalue weighted by molar-refractivity contribution is -0.126. The second-order valence-electron chi connectivity index (χ2n) is 7.84. The lowest BCUT2D eigenvalue weighted by atomic mass is 9.78. The van der Waals surface area contributed by atoms with Gasteiger partial charge in [0.2, 0.25) is 0 Å². The Morgan fingerprint density at radius 2 is 1.24 bits per heavy atom. The Hall–Kier alpha value is -0.0800.